The van der Waals surface area contributed by atoms with Gasteiger partial charge in [0, 0.05) is 37.8 Å². The molecule has 1 aromatic rings. The van der Waals surface area contributed by atoms with Crippen LogP contribution in [0.4, 0.5) is 0 Å². The molecule has 1 aliphatic rings. The molecule has 126 valence electrons. The van der Waals surface area contributed by atoms with Crippen molar-refractivity contribution in [3.63, 3.8) is 0 Å². The van der Waals surface area contributed by atoms with Gasteiger partial charge in [-0.1, -0.05) is 6.92 Å². The van der Waals surface area contributed by atoms with Gasteiger partial charge in [0.15, 0.2) is 5.96 Å². The fraction of sp³-hybridized carbons (Fsp3) is 0.733. The van der Waals surface area contributed by atoms with Crippen LogP contribution in [0.5, 0.6) is 0 Å². The summed E-state index contributed by atoms with van der Waals surface area (Å²) < 4.78 is 2.24. The summed E-state index contributed by atoms with van der Waals surface area (Å²) in [6.45, 7) is 8.34. The Balaban J connectivity index is 0.00000242. The average Bonchev–Trinajstić information content (AvgIpc) is 3.01. The van der Waals surface area contributed by atoms with Gasteiger partial charge in [-0.2, -0.15) is 11.8 Å². The molecule has 0 radical (unpaired) electrons. The Morgan fingerprint density at radius 1 is 1.50 bits per heavy atom. The normalized spacial score (nSPS) is 22.3. The van der Waals surface area contributed by atoms with Crippen LogP contribution in [-0.4, -0.2) is 58.6 Å². The monoisotopic (exact) mass is 437 g/mol. The number of nitrogens with one attached hydrogen (secondary N) is 1. The van der Waals surface area contributed by atoms with Crippen LogP contribution in [0.3, 0.4) is 0 Å². The zero-order valence-electron chi connectivity index (χ0n) is 13.7. The van der Waals surface area contributed by atoms with Crippen LogP contribution in [-0.2, 0) is 0 Å². The maximum Gasteiger partial charge on any atom is 0.194 e. The minimum atomic E-state index is 0. The molecule has 1 saturated heterocycles. The molecule has 2 heterocycles. The second-order valence-corrected chi connectivity index (χ2v) is 6.50. The number of hydrogen-bond donors (Lipinski definition) is 1. The molecule has 0 aliphatic carbocycles. The maximum absolute atomic E-state index is 4.75. The molecular weight excluding hydrogens is 409 g/mol. The third-order valence-corrected chi connectivity index (χ3v) is 4.61. The van der Waals surface area contributed by atoms with Crippen LogP contribution in [0.1, 0.15) is 26.3 Å². The number of piperidine rings is 1. The number of aliphatic imine (C=N–C) groups is 1. The number of hydrogen-bond acceptors (Lipinski definition) is 3. The Morgan fingerprint density at radius 2 is 2.32 bits per heavy atom. The van der Waals surface area contributed by atoms with Crippen LogP contribution < -0.4 is 5.32 Å². The van der Waals surface area contributed by atoms with E-state index in [9.17, 15) is 0 Å². The number of halogens is 1. The summed E-state index contributed by atoms with van der Waals surface area (Å²) in [5, 5.41) is 3.43. The van der Waals surface area contributed by atoms with Crippen molar-refractivity contribution < 1.29 is 0 Å². The molecule has 0 saturated carbocycles. The van der Waals surface area contributed by atoms with E-state index in [1.165, 1.54) is 6.42 Å². The Morgan fingerprint density at radius 3 is 2.95 bits per heavy atom. The number of likely N-dealkylation sites (tertiary alicyclic amines) is 1. The highest BCUT2D eigenvalue weighted by molar-refractivity contribution is 14.0. The zero-order chi connectivity index (χ0) is 15.1. The van der Waals surface area contributed by atoms with Gasteiger partial charge >= 0.3 is 0 Å². The van der Waals surface area contributed by atoms with Crippen molar-refractivity contribution >= 4 is 41.7 Å². The number of thioether (sulfide) groups is 1. The van der Waals surface area contributed by atoms with E-state index in [0.29, 0.717) is 12.0 Å². The van der Waals surface area contributed by atoms with E-state index in [4.69, 9.17) is 4.99 Å². The second kappa shape index (κ2) is 10.4. The van der Waals surface area contributed by atoms with Crippen molar-refractivity contribution in [2.45, 2.75) is 26.3 Å². The van der Waals surface area contributed by atoms with E-state index < -0.39 is 0 Å². The fourth-order valence-corrected chi connectivity index (χ4v) is 3.04. The number of nitrogens with zero attached hydrogens (tertiary/aromatic N) is 4. The van der Waals surface area contributed by atoms with Gasteiger partial charge in [0.05, 0.1) is 18.9 Å². The minimum Gasteiger partial charge on any atom is -0.357 e. The first-order valence-electron chi connectivity index (χ1n) is 7.75. The summed E-state index contributed by atoms with van der Waals surface area (Å²) in [6, 6.07) is 0.477. The highest BCUT2D eigenvalue weighted by Gasteiger charge is 2.28. The lowest BCUT2D eigenvalue weighted by Crippen LogP contribution is -2.49. The molecule has 1 aliphatic heterocycles. The van der Waals surface area contributed by atoms with Crippen molar-refractivity contribution in [3.05, 3.63) is 18.7 Å². The van der Waals surface area contributed by atoms with E-state index in [2.05, 4.69) is 46.1 Å². The molecule has 1 fully saturated rings. The van der Waals surface area contributed by atoms with Gasteiger partial charge in [-0.15, -0.1) is 24.0 Å². The molecule has 5 nitrogen and oxygen atoms in total. The van der Waals surface area contributed by atoms with E-state index >= 15 is 0 Å². The SMILES string of the molecule is CCNC(=NCCSC)N1CCC(C)C(n2ccnc2)C1.I. The van der Waals surface area contributed by atoms with Crippen LogP contribution in [0.15, 0.2) is 23.7 Å². The molecule has 2 unspecified atom stereocenters. The van der Waals surface area contributed by atoms with Crippen molar-refractivity contribution in [2.75, 3.05) is 38.2 Å². The van der Waals surface area contributed by atoms with Gasteiger partial charge in [0.2, 0.25) is 0 Å². The molecule has 2 atom stereocenters. The predicted molar refractivity (Wildman–Crippen MR) is 106 cm³/mol. The first-order valence-corrected chi connectivity index (χ1v) is 9.15. The molecule has 22 heavy (non-hydrogen) atoms. The second-order valence-electron chi connectivity index (χ2n) is 5.52. The average molecular weight is 437 g/mol. The van der Waals surface area contributed by atoms with E-state index in [-0.39, 0.29) is 24.0 Å². The summed E-state index contributed by atoms with van der Waals surface area (Å²) in [7, 11) is 0. The lowest BCUT2D eigenvalue weighted by Gasteiger charge is -2.39. The zero-order valence-corrected chi connectivity index (χ0v) is 16.9. The molecule has 0 amide bonds. The molecule has 1 aromatic heterocycles. The number of guanidine groups is 1. The first-order chi connectivity index (χ1) is 10.3. The van der Waals surface area contributed by atoms with Crippen LogP contribution in [0.2, 0.25) is 0 Å². The van der Waals surface area contributed by atoms with Crippen molar-refractivity contribution in [2.24, 2.45) is 10.9 Å². The minimum absolute atomic E-state index is 0. The van der Waals surface area contributed by atoms with Gasteiger partial charge in [-0.25, -0.2) is 4.98 Å². The van der Waals surface area contributed by atoms with Gasteiger partial charge in [-0.05, 0) is 25.5 Å². The van der Waals surface area contributed by atoms with Crippen molar-refractivity contribution in [1.82, 2.24) is 19.8 Å². The highest BCUT2D eigenvalue weighted by Crippen LogP contribution is 2.27. The number of imidazole rings is 1. The molecule has 2 rings (SSSR count). The Hall–Kier alpha value is -0.440. The number of rotatable bonds is 5. The largest absolute Gasteiger partial charge is 0.357 e. The fourth-order valence-electron chi connectivity index (χ4n) is 2.76. The first kappa shape index (κ1) is 19.6. The smallest absolute Gasteiger partial charge is 0.194 e. The van der Waals surface area contributed by atoms with Crippen LogP contribution in [0, 0.1) is 5.92 Å². The third-order valence-electron chi connectivity index (χ3n) is 4.02. The van der Waals surface area contributed by atoms with Crippen molar-refractivity contribution in [3.8, 4) is 0 Å². The number of aromatic nitrogens is 2. The summed E-state index contributed by atoms with van der Waals surface area (Å²) >= 11 is 1.84. The van der Waals surface area contributed by atoms with Gasteiger partial charge in [0.1, 0.15) is 0 Å². The van der Waals surface area contributed by atoms with E-state index in [1.54, 1.807) is 0 Å². The van der Waals surface area contributed by atoms with Crippen LogP contribution in [0.25, 0.3) is 0 Å². The predicted octanol–water partition coefficient (Wildman–Crippen LogP) is 2.71. The van der Waals surface area contributed by atoms with Gasteiger partial charge in [0.25, 0.3) is 0 Å². The molecule has 1 N–H and O–H groups in total. The van der Waals surface area contributed by atoms with E-state index in [0.717, 1.165) is 37.9 Å². The summed E-state index contributed by atoms with van der Waals surface area (Å²) in [5.74, 6) is 2.80. The lowest BCUT2D eigenvalue weighted by molar-refractivity contribution is 0.189. The summed E-state index contributed by atoms with van der Waals surface area (Å²) in [5.41, 5.74) is 0. The maximum atomic E-state index is 4.75. The Labute approximate surface area is 155 Å². The highest BCUT2D eigenvalue weighted by atomic mass is 127. The topological polar surface area (TPSA) is 45.5 Å². The summed E-state index contributed by atoms with van der Waals surface area (Å²) in [4.78, 5) is 11.3. The molecule has 7 heteroatoms. The standard InChI is InChI=1S/C15H27N5S.HI/c1-4-17-15(18-7-10-21-3)19-8-5-13(2)14(11-19)20-9-6-16-12-20;/h6,9,12-14H,4-5,7-8,10-11H2,1-3H3,(H,17,18);1H. The molecule has 0 aromatic carbocycles. The van der Waals surface area contributed by atoms with Gasteiger partial charge < -0.3 is 14.8 Å². The third kappa shape index (κ3) is 5.33. The van der Waals surface area contributed by atoms with Gasteiger partial charge in [-0.3, -0.25) is 4.99 Å². The lowest BCUT2D eigenvalue weighted by atomic mass is 9.93. The molecular formula is C15H28IN5S. The quantitative estimate of drug-likeness (QED) is 0.333. The Kier molecular flexibility index (Phi) is 9.23. The molecule has 0 bridgehead atoms. The summed E-state index contributed by atoms with van der Waals surface area (Å²) in [6.07, 6.45) is 9.18. The van der Waals surface area contributed by atoms with Crippen LogP contribution >= 0.6 is 35.7 Å². The Bertz CT molecular complexity index is 437. The van der Waals surface area contributed by atoms with E-state index in [1.807, 2.05) is 24.3 Å². The molecule has 0 spiro atoms. The van der Waals surface area contributed by atoms with Crippen molar-refractivity contribution in [1.29, 1.82) is 0 Å².